The van der Waals surface area contributed by atoms with Crippen molar-refractivity contribution in [3.05, 3.63) is 36.5 Å². The van der Waals surface area contributed by atoms with Crippen molar-refractivity contribution in [3.8, 4) is 0 Å². The third-order valence-electron chi connectivity index (χ3n) is 14.6. The maximum absolute atomic E-state index is 13.0. The SMILES string of the molecule is CCCCCCC/C=C\C/C=C\C/C=C\CCCCCCCCCCCCCCC(=O)NC(COP(=O)([O-])OCC[N+](C)(C)C)C(O)CCCCCCCCCCCCCCCCCCCCCCCCCC. The van der Waals surface area contributed by atoms with Gasteiger partial charge < -0.3 is 28.8 Å². The second kappa shape index (κ2) is 55.5. The highest BCUT2D eigenvalue weighted by atomic mass is 31.2. The average molecular weight is 1050 g/mol. The fraction of sp³-hybridized carbons (Fsp3) is 0.891. The Morgan fingerprint density at radius 3 is 1.15 bits per heavy atom. The third-order valence-corrected chi connectivity index (χ3v) is 15.6. The zero-order valence-corrected chi connectivity index (χ0v) is 50.3. The van der Waals surface area contributed by atoms with Crippen molar-refractivity contribution in [2.75, 3.05) is 40.9 Å². The van der Waals surface area contributed by atoms with E-state index in [-0.39, 0.29) is 19.1 Å². The zero-order chi connectivity index (χ0) is 53.5. The molecular weight excluding hydrogens is 924 g/mol. The molecule has 1 amide bonds. The van der Waals surface area contributed by atoms with Crippen LogP contribution in [0.1, 0.15) is 316 Å². The van der Waals surface area contributed by atoms with Crippen LogP contribution in [0.15, 0.2) is 36.5 Å². The van der Waals surface area contributed by atoms with Crippen LogP contribution in [0.2, 0.25) is 0 Å². The lowest BCUT2D eigenvalue weighted by Crippen LogP contribution is -2.46. The number of likely N-dealkylation sites (N-methyl/N-ethyl adjacent to an activating group) is 1. The van der Waals surface area contributed by atoms with Gasteiger partial charge >= 0.3 is 0 Å². The molecule has 432 valence electrons. The summed E-state index contributed by atoms with van der Waals surface area (Å²) in [5, 5.41) is 14.1. The number of unbranched alkanes of at least 4 members (excludes halogenated alkanes) is 40. The number of carbonyl (C=O) groups is 1. The summed E-state index contributed by atoms with van der Waals surface area (Å²) in [6.07, 6.45) is 71.9. The fourth-order valence-corrected chi connectivity index (χ4v) is 10.4. The van der Waals surface area contributed by atoms with E-state index in [0.29, 0.717) is 23.9 Å². The molecule has 0 aromatic heterocycles. The maximum atomic E-state index is 13.0. The van der Waals surface area contributed by atoms with Crippen molar-refractivity contribution in [2.24, 2.45) is 0 Å². The molecule has 0 aliphatic carbocycles. The number of hydrogen-bond acceptors (Lipinski definition) is 6. The van der Waals surface area contributed by atoms with Gasteiger partial charge in [-0.05, 0) is 51.4 Å². The van der Waals surface area contributed by atoms with Crippen molar-refractivity contribution in [1.29, 1.82) is 0 Å². The Bertz CT molecular complexity index is 1280. The Labute approximate surface area is 455 Å². The average Bonchev–Trinajstić information content (AvgIpc) is 3.35. The molecule has 8 nitrogen and oxygen atoms in total. The van der Waals surface area contributed by atoms with Crippen LogP contribution >= 0.6 is 7.82 Å². The molecule has 0 aliphatic rings. The molecule has 0 spiro atoms. The number of hydrogen-bond donors (Lipinski definition) is 2. The Morgan fingerprint density at radius 1 is 0.479 bits per heavy atom. The molecule has 73 heavy (non-hydrogen) atoms. The molecule has 0 fully saturated rings. The first-order valence-electron chi connectivity index (χ1n) is 31.8. The molecule has 0 saturated carbocycles. The molecule has 0 aromatic rings. The first-order valence-corrected chi connectivity index (χ1v) is 33.3. The number of amides is 1. The van der Waals surface area contributed by atoms with E-state index in [9.17, 15) is 19.4 Å². The van der Waals surface area contributed by atoms with Crippen LogP contribution in [0.4, 0.5) is 0 Å². The lowest BCUT2D eigenvalue weighted by Gasteiger charge is -2.30. The minimum atomic E-state index is -4.58. The first-order chi connectivity index (χ1) is 35.5. The van der Waals surface area contributed by atoms with Crippen molar-refractivity contribution in [2.45, 2.75) is 328 Å². The van der Waals surface area contributed by atoms with Gasteiger partial charge in [-0.1, -0.05) is 294 Å². The highest BCUT2D eigenvalue weighted by molar-refractivity contribution is 7.45. The molecule has 0 aromatic carbocycles. The van der Waals surface area contributed by atoms with Gasteiger partial charge in [-0.15, -0.1) is 0 Å². The summed E-state index contributed by atoms with van der Waals surface area (Å²) in [6, 6.07) is -0.803. The maximum Gasteiger partial charge on any atom is 0.268 e. The summed E-state index contributed by atoms with van der Waals surface area (Å²) in [4.78, 5) is 25.6. The van der Waals surface area contributed by atoms with Gasteiger partial charge in [0, 0.05) is 6.42 Å². The van der Waals surface area contributed by atoms with Crippen LogP contribution in [0.3, 0.4) is 0 Å². The normalized spacial score (nSPS) is 14.0. The predicted molar refractivity (Wildman–Crippen MR) is 316 cm³/mol. The highest BCUT2D eigenvalue weighted by Crippen LogP contribution is 2.38. The van der Waals surface area contributed by atoms with Crippen LogP contribution in [-0.2, 0) is 18.4 Å². The van der Waals surface area contributed by atoms with Crippen molar-refractivity contribution >= 4 is 13.7 Å². The summed E-state index contributed by atoms with van der Waals surface area (Å²) in [7, 11) is 1.31. The number of phosphoric ester groups is 1. The monoisotopic (exact) mass is 1050 g/mol. The van der Waals surface area contributed by atoms with E-state index >= 15 is 0 Å². The van der Waals surface area contributed by atoms with E-state index in [4.69, 9.17) is 9.05 Å². The van der Waals surface area contributed by atoms with Gasteiger partial charge in [0.25, 0.3) is 7.82 Å². The highest BCUT2D eigenvalue weighted by Gasteiger charge is 2.24. The summed E-state index contributed by atoms with van der Waals surface area (Å²) < 4.78 is 23.5. The van der Waals surface area contributed by atoms with Gasteiger partial charge in [0.05, 0.1) is 39.9 Å². The Kier molecular flexibility index (Phi) is 54.5. The van der Waals surface area contributed by atoms with E-state index in [2.05, 4.69) is 55.6 Å². The summed E-state index contributed by atoms with van der Waals surface area (Å²) in [5.74, 6) is -0.162. The first kappa shape index (κ1) is 71.7. The molecule has 9 heteroatoms. The number of phosphoric acid groups is 1. The molecular formula is C64H125N2O6P. The molecule has 0 radical (unpaired) electrons. The van der Waals surface area contributed by atoms with Crippen molar-refractivity contribution in [3.63, 3.8) is 0 Å². The number of nitrogens with one attached hydrogen (secondary N) is 1. The molecule has 3 atom stereocenters. The number of aliphatic hydroxyl groups excluding tert-OH is 1. The molecule has 2 N–H and O–H groups in total. The quantitative estimate of drug-likeness (QED) is 0.0272. The summed E-state index contributed by atoms with van der Waals surface area (Å²) in [5.41, 5.74) is 0. The van der Waals surface area contributed by atoms with Crippen molar-refractivity contribution in [1.82, 2.24) is 5.32 Å². The smallest absolute Gasteiger partial charge is 0.268 e. The van der Waals surface area contributed by atoms with E-state index < -0.39 is 20.0 Å². The predicted octanol–water partition coefficient (Wildman–Crippen LogP) is 19.1. The summed E-state index contributed by atoms with van der Waals surface area (Å²) in [6.45, 7) is 4.75. The second-order valence-electron chi connectivity index (χ2n) is 23.1. The van der Waals surface area contributed by atoms with Crippen LogP contribution < -0.4 is 10.2 Å². The van der Waals surface area contributed by atoms with Gasteiger partial charge in [-0.3, -0.25) is 9.36 Å². The van der Waals surface area contributed by atoms with Gasteiger partial charge in [-0.2, -0.15) is 0 Å². The van der Waals surface area contributed by atoms with E-state index in [1.807, 2.05) is 21.1 Å². The van der Waals surface area contributed by atoms with Gasteiger partial charge in [0.1, 0.15) is 13.2 Å². The Morgan fingerprint density at radius 2 is 0.795 bits per heavy atom. The fourth-order valence-electron chi connectivity index (χ4n) is 9.64. The Balaban J connectivity index is 4.10. The third kappa shape index (κ3) is 58.2. The summed E-state index contributed by atoms with van der Waals surface area (Å²) >= 11 is 0. The lowest BCUT2D eigenvalue weighted by molar-refractivity contribution is -0.870. The number of carbonyl (C=O) groups excluding carboxylic acids is 1. The number of aliphatic hydroxyl groups is 1. The minimum absolute atomic E-state index is 0.0125. The minimum Gasteiger partial charge on any atom is -0.756 e. The topological polar surface area (TPSA) is 108 Å². The Hall–Kier alpha value is -1.28. The molecule has 0 rings (SSSR count). The largest absolute Gasteiger partial charge is 0.756 e. The second-order valence-corrected chi connectivity index (χ2v) is 24.5. The van der Waals surface area contributed by atoms with Gasteiger partial charge in [0.2, 0.25) is 5.91 Å². The molecule has 0 aliphatic heterocycles. The number of quaternary nitrogens is 1. The number of rotatable bonds is 59. The standard InChI is InChI=1S/C64H125N2O6P/c1-6-8-10-12-14-16-18-20-22-24-26-28-30-32-33-34-36-38-40-42-44-46-48-50-52-54-56-58-64(68)65-62(61-72-73(69,70)71-60-59-66(3,4)5)63(67)57-55-53-51-49-47-45-43-41-39-37-35-31-29-27-25-23-21-19-17-15-13-11-9-7-2/h18,20,24,26,30,32,62-63,67H,6-17,19,21-23,25,27-29,31,33-61H2,1-5H3,(H-,65,68,69,70)/b20-18-,26-24-,32-30-. The van der Waals surface area contributed by atoms with Crippen molar-refractivity contribution < 1.29 is 32.9 Å². The zero-order valence-electron chi connectivity index (χ0n) is 49.4. The van der Waals surface area contributed by atoms with Crippen LogP contribution in [0.25, 0.3) is 0 Å². The number of allylic oxidation sites excluding steroid dienone is 6. The number of nitrogens with zero attached hydrogens (tertiary/aromatic N) is 1. The van der Waals surface area contributed by atoms with Crippen LogP contribution in [-0.4, -0.2) is 68.5 Å². The molecule has 0 heterocycles. The molecule has 0 bridgehead atoms. The molecule has 0 saturated heterocycles. The molecule has 3 unspecified atom stereocenters. The van der Waals surface area contributed by atoms with Gasteiger partial charge in [-0.25, -0.2) is 0 Å². The van der Waals surface area contributed by atoms with E-state index in [1.54, 1.807) is 0 Å². The lowest BCUT2D eigenvalue weighted by atomic mass is 10.0. The van der Waals surface area contributed by atoms with Crippen LogP contribution in [0, 0.1) is 0 Å². The van der Waals surface area contributed by atoms with E-state index in [1.165, 1.54) is 238 Å². The van der Waals surface area contributed by atoms with E-state index in [0.717, 1.165) is 51.4 Å². The van der Waals surface area contributed by atoms with Crippen LogP contribution in [0.5, 0.6) is 0 Å². The van der Waals surface area contributed by atoms with Gasteiger partial charge in [0.15, 0.2) is 0 Å².